The van der Waals surface area contributed by atoms with Crippen LogP contribution in [0.4, 0.5) is 0 Å². The van der Waals surface area contributed by atoms with Crippen molar-refractivity contribution >= 4 is 19.2 Å². The summed E-state index contributed by atoms with van der Waals surface area (Å²) in [6.07, 6.45) is 7.74. The van der Waals surface area contributed by atoms with Crippen molar-refractivity contribution < 1.29 is 19.4 Å². The van der Waals surface area contributed by atoms with Crippen LogP contribution in [0.3, 0.4) is 0 Å². The van der Waals surface area contributed by atoms with Crippen LogP contribution in [-0.4, -0.2) is 56.5 Å². The van der Waals surface area contributed by atoms with E-state index in [4.69, 9.17) is 9.47 Å². The van der Waals surface area contributed by atoms with Gasteiger partial charge in [-0.3, -0.25) is 4.79 Å². The largest absolute Gasteiger partial charge is 0.497 e. The number of benzene rings is 2. The summed E-state index contributed by atoms with van der Waals surface area (Å²) in [4.78, 5) is 15.5. The Morgan fingerprint density at radius 3 is 2.32 bits per heavy atom. The second kappa shape index (κ2) is 14.9. The van der Waals surface area contributed by atoms with Crippen molar-refractivity contribution in [3.8, 4) is 5.75 Å². The maximum Gasteiger partial charge on any atom is 0.225 e. The second-order valence-corrected chi connectivity index (χ2v) is 16.2. The first-order valence-corrected chi connectivity index (χ1v) is 17.6. The number of amides is 1. The quantitative estimate of drug-likeness (QED) is 0.218. The number of methoxy groups -OCH3 is 1. The molecule has 1 aliphatic rings. The van der Waals surface area contributed by atoms with E-state index in [0.29, 0.717) is 31.0 Å². The highest BCUT2D eigenvalue weighted by Crippen LogP contribution is 2.46. The number of nitrogens with zero attached hydrogens (tertiary/aromatic N) is 1. The molecule has 0 radical (unpaired) electrons. The van der Waals surface area contributed by atoms with Crippen molar-refractivity contribution in [2.75, 3.05) is 20.3 Å². The molecule has 0 unspecified atom stereocenters. The normalized spacial score (nSPS) is 21.4. The first-order chi connectivity index (χ1) is 18.3. The maximum absolute atomic E-state index is 13.7. The number of hydrogen-bond acceptors (Lipinski definition) is 4. The van der Waals surface area contributed by atoms with Gasteiger partial charge in [0.05, 0.1) is 40.4 Å². The molecule has 0 aromatic heterocycles. The van der Waals surface area contributed by atoms with Crippen LogP contribution in [0.1, 0.15) is 64.4 Å². The fraction of sp³-hybridized carbons (Fsp3) is 0.594. The van der Waals surface area contributed by atoms with Crippen LogP contribution in [-0.2, 0) is 16.1 Å². The lowest BCUT2D eigenvalue weighted by atomic mass is 9.95. The average molecular weight is 540 g/mol. The standard InChI is InChI=1S/C32H49NO4Si/c1-6-7-8-9-13-16-29-25(2)32(38(4,5)28-19-17-27(36-3)18-20-28)30(37-29)23-31(35)33(21-22-34)24-26-14-11-10-12-15-26/h10-12,14-15,17-20,25,29-30,32,34H,6-9,13,16,21-24H2,1-5H3/t25-,29+,30-,32+/m1/s1. The third kappa shape index (κ3) is 7.93. The Morgan fingerprint density at radius 2 is 1.68 bits per heavy atom. The van der Waals surface area contributed by atoms with E-state index >= 15 is 0 Å². The van der Waals surface area contributed by atoms with Gasteiger partial charge in [-0.1, -0.05) is 107 Å². The van der Waals surface area contributed by atoms with E-state index in [2.05, 4.69) is 51.2 Å². The van der Waals surface area contributed by atoms with Crippen molar-refractivity contribution in [1.82, 2.24) is 4.90 Å². The highest BCUT2D eigenvalue weighted by Gasteiger charge is 2.51. The SMILES string of the molecule is CCCCCCC[C@@H]1O[C@H](CC(=O)N(CCO)Cc2ccccc2)[C@@H]([Si](C)(C)c2ccc(OC)cc2)[C@@H]1C. The molecule has 5 nitrogen and oxygen atoms in total. The topological polar surface area (TPSA) is 59.0 Å². The molecule has 1 fully saturated rings. The monoisotopic (exact) mass is 539 g/mol. The van der Waals surface area contributed by atoms with Gasteiger partial charge in [0.2, 0.25) is 5.91 Å². The van der Waals surface area contributed by atoms with Crippen molar-refractivity contribution in [2.45, 2.75) is 96.2 Å². The van der Waals surface area contributed by atoms with Crippen molar-refractivity contribution in [3.05, 3.63) is 60.2 Å². The van der Waals surface area contributed by atoms with E-state index in [1.807, 2.05) is 30.3 Å². The van der Waals surface area contributed by atoms with E-state index in [1.54, 1.807) is 12.0 Å². The summed E-state index contributed by atoms with van der Waals surface area (Å²) in [5.41, 5.74) is 1.40. The fourth-order valence-corrected chi connectivity index (χ4v) is 10.4. The number of unbranched alkanes of at least 4 members (excludes halogenated alkanes) is 4. The molecule has 2 aromatic carbocycles. The van der Waals surface area contributed by atoms with E-state index in [1.165, 1.54) is 37.3 Å². The molecule has 3 rings (SSSR count). The summed E-state index contributed by atoms with van der Waals surface area (Å²) in [5.74, 6) is 1.32. The first-order valence-electron chi connectivity index (χ1n) is 14.5. The zero-order valence-corrected chi connectivity index (χ0v) is 25.2. The number of carbonyl (C=O) groups excluding carboxylic acids is 1. The molecular formula is C32H49NO4Si. The third-order valence-electron chi connectivity index (χ3n) is 8.48. The molecule has 4 atom stereocenters. The van der Waals surface area contributed by atoms with Crippen LogP contribution in [0.2, 0.25) is 18.6 Å². The smallest absolute Gasteiger partial charge is 0.225 e. The molecule has 0 saturated carbocycles. The summed E-state index contributed by atoms with van der Waals surface area (Å²) in [6.45, 7) is 10.2. The molecule has 0 aliphatic carbocycles. The van der Waals surface area contributed by atoms with E-state index in [0.717, 1.165) is 17.7 Å². The Balaban J connectivity index is 1.81. The van der Waals surface area contributed by atoms with Gasteiger partial charge in [-0.05, 0) is 35.6 Å². The lowest BCUT2D eigenvalue weighted by Gasteiger charge is -2.36. The number of ether oxygens (including phenoxy) is 2. The molecule has 2 aromatic rings. The molecule has 6 heteroatoms. The van der Waals surface area contributed by atoms with Gasteiger partial charge in [0.1, 0.15) is 5.75 Å². The Kier molecular flexibility index (Phi) is 11.9. The van der Waals surface area contributed by atoms with Gasteiger partial charge < -0.3 is 19.5 Å². The molecule has 0 bridgehead atoms. The van der Waals surface area contributed by atoms with Crippen molar-refractivity contribution in [3.63, 3.8) is 0 Å². The Hall–Kier alpha value is -2.15. The van der Waals surface area contributed by atoms with Crippen LogP contribution < -0.4 is 9.92 Å². The van der Waals surface area contributed by atoms with Crippen LogP contribution in [0.25, 0.3) is 0 Å². The van der Waals surface area contributed by atoms with Gasteiger partial charge in [0.15, 0.2) is 0 Å². The first kappa shape index (κ1) is 30.4. The van der Waals surface area contributed by atoms with Gasteiger partial charge in [-0.25, -0.2) is 0 Å². The Labute approximate surface area is 231 Å². The molecule has 1 saturated heterocycles. The number of hydrogen-bond donors (Lipinski definition) is 1. The highest BCUT2D eigenvalue weighted by atomic mass is 28.3. The number of rotatable bonds is 15. The van der Waals surface area contributed by atoms with E-state index in [-0.39, 0.29) is 24.7 Å². The summed E-state index contributed by atoms with van der Waals surface area (Å²) in [6, 6.07) is 18.5. The minimum Gasteiger partial charge on any atom is -0.497 e. The number of carbonyl (C=O) groups is 1. The molecule has 210 valence electrons. The maximum atomic E-state index is 13.7. The third-order valence-corrected chi connectivity index (χ3v) is 12.9. The molecule has 0 spiro atoms. The Morgan fingerprint density at radius 1 is 1.00 bits per heavy atom. The van der Waals surface area contributed by atoms with E-state index in [9.17, 15) is 9.90 Å². The summed E-state index contributed by atoms with van der Waals surface area (Å²) in [5, 5.41) is 11.1. The summed E-state index contributed by atoms with van der Waals surface area (Å²) < 4.78 is 12.2. The van der Waals surface area contributed by atoms with Gasteiger partial charge in [0.25, 0.3) is 0 Å². The van der Waals surface area contributed by atoms with Crippen LogP contribution in [0.5, 0.6) is 5.75 Å². The fourth-order valence-electron chi connectivity index (χ4n) is 6.31. The molecule has 38 heavy (non-hydrogen) atoms. The van der Waals surface area contributed by atoms with Crippen LogP contribution in [0.15, 0.2) is 54.6 Å². The summed E-state index contributed by atoms with van der Waals surface area (Å²) in [7, 11) is -0.306. The highest BCUT2D eigenvalue weighted by molar-refractivity contribution is 6.91. The zero-order chi connectivity index (χ0) is 27.5. The lowest BCUT2D eigenvalue weighted by molar-refractivity contribution is -0.135. The van der Waals surface area contributed by atoms with Crippen LogP contribution >= 0.6 is 0 Å². The van der Waals surface area contributed by atoms with Crippen LogP contribution in [0, 0.1) is 5.92 Å². The number of aliphatic hydroxyl groups is 1. The van der Waals surface area contributed by atoms with Gasteiger partial charge >= 0.3 is 0 Å². The molecule has 1 aliphatic heterocycles. The molecule has 1 amide bonds. The predicted octanol–water partition coefficient (Wildman–Crippen LogP) is 6.16. The number of aliphatic hydroxyl groups excluding tert-OH is 1. The molecular weight excluding hydrogens is 490 g/mol. The summed E-state index contributed by atoms with van der Waals surface area (Å²) >= 11 is 0. The van der Waals surface area contributed by atoms with Gasteiger partial charge in [-0.2, -0.15) is 0 Å². The van der Waals surface area contributed by atoms with E-state index < -0.39 is 8.07 Å². The van der Waals surface area contributed by atoms with Crippen molar-refractivity contribution in [2.24, 2.45) is 5.92 Å². The average Bonchev–Trinajstić information content (AvgIpc) is 3.23. The lowest BCUT2D eigenvalue weighted by Crippen LogP contribution is -2.51. The zero-order valence-electron chi connectivity index (χ0n) is 24.2. The molecule has 1 heterocycles. The second-order valence-electron chi connectivity index (χ2n) is 11.5. The minimum atomic E-state index is -2.01. The predicted molar refractivity (Wildman–Crippen MR) is 159 cm³/mol. The van der Waals surface area contributed by atoms with Gasteiger partial charge in [0, 0.05) is 13.1 Å². The Bertz CT molecular complexity index is 965. The molecule has 1 N–H and O–H groups in total. The minimum absolute atomic E-state index is 0.0452. The van der Waals surface area contributed by atoms with Crippen molar-refractivity contribution in [1.29, 1.82) is 0 Å². The van der Waals surface area contributed by atoms with Gasteiger partial charge in [-0.15, -0.1) is 0 Å².